The Morgan fingerprint density at radius 2 is 1.80 bits per heavy atom. The van der Waals surface area contributed by atoms with Gasteiger partial charge in [-0.1, -0.05) is 18.2 Å². The van der Waals surface area contributed by atoms with E-state index in [9.17, 15) is 4.79 Å². The third-order valence-electron chi connectivity index (χ3n) is 6.21. The van der Waals surface area contributed by atoms with Crippen molar-refractivity contribution in [2.45, 2.75) is 19.3 Å². The molecule has 8 heteroatoms. The minimum absolute atomic E-state index is 0.0543. The standard InChI is InChI=1S/C27H29N5O3/c1-31(15-12-19-8-11-23(34-2)24(16-19)35-3)27-29-18-22(26(33)32-13-4-5-14-32)25(30-27)21-9-6-20(17-28)7-10-21/h6-11,16,18H,4-5,12-15H2,1-3H3. The molecule has 0 N–H and O–H groups in total. The molecule has 2 heterocycles. The number of hydrogen-bond acceptors (Lipinski definition) is 7. The molecule has 1 aliphatic heterocycles. The van der Waals surface area contributed by atoms with Crippen molar-refractivity contribution in [2.24, 2.45) is 0 Å². The van der Waals surface area contributed by atoms with Gasteiger partial charge in [-0.2, -0.15) is 5.26 Å². The van der Waals surface area contributed by atoms with Gasteiger partial charge in [-0.3, -0.25) is 4.79 Å². The summed E-state index contributed by atoms with van der Waals surface area (Å²) in [5, 5.41) is 9.16. The van der Waals surface area contributed by atoms with E-state index in [1.807, 2.05) is 47.2 Å². The SMILES string of the molecule is COc1ccc(CCN(C)c2ncc(C(=O)N3CCCC3)c(-c3ccc(C#N)cc3)n2)cc1OC. The number of rotatable bonds is 8. The summed E-state index contributed by atoms with van der Waals surface area (Å²) in [6.07, 6.45) is 4.40. The summed E-state index contributed by atoms with van der Waals surface area (Å²) in [6, 6.07) is 15.1. The molecule has 1 amide bonds. The molecule has 180 valence electrons. The average molecular weight is 472 g/mol. The fourth-order valence-electron chi connectivity index (χ4n) is 4.16. The first-order valence-corrected chi connectivity index (χ1v) is 11.6. The number of carbonyl (C=O) groups is 1. The summed E-state index contributed by atoms with van der Waals surface area (Å²) in [5.74, 6) is 1.86. The lowest BCUT2D eigenvalue weighted by atomic mass is 10.0. The van der Waals surface area contributed by atoms with Gasteiger partial charge in [-0.25, -0.2) is 9.97 Å². The van der Waals surface area contributed by atoms with Crippen molar-refractivity contribution in [2.75, 3.05) is 45.8 Å². The average Bonchev–Trinajstić information content (AvgIpc) is 3.46. The van der Waals surface area contributed by atoms with E-state index in [2.05, 4.69) is 11.1 Å². The highest BCUT2D eigenvalue weighted by Crippen LogP contribution is 2.29. The zero-order valence-corrected chi connectivity index (χ0v) is 20.3. The predicted molar refractivity (Wildman–Crippen MR) is 134 cm³/mol. The minimum atomic E-state index is -0.0543. The van der Waals surface area contributed by atoms with Gasteiger partial charge in [0, 0.05) is 38.4 Å². The van der Waals surface area contributed by atoms with Crippen molar-refractivity contribution >= 4 is 11.9 Å². The van der Waals surface area contributed by atoms with E-state index in [0.29, 0.717) is 40.8 Å². The van der Waals surface area contributed by atoms with Crippen LogP contribution in [0, 0.1) is 11.3 Å². The molecule has 8 nitrogen and oxygen atoms in total. The van der Waals surface area contributed by atoms with Crippen LogP contribution in [0.2, 0.25) is 0 Å². The zero-order chi connectivity index (χ0) is 24.8. The molecule has 0 saturated carbocycles. The molecule has 3 aromatic rings. The molecule has 0 aliphatic carbocycles. The molecule has 1 fully saturated rings. The number of benzene rings is 2. The topological polar surface area (TPSA) is 91.6 Å². The van der Waals surface area contributed by atoms with E-state index < -0.39 is 0 Å². The number of methoxy groups -OCH3 is 2. The van der Waals surface area contributed by atoms with Gasteiger partial charge in [0.2, 0.25) is 5.95 Å². The van der Waals surface area contributed by atoms with Crippen LogP contribution in [0.15, 0.2) is 48.7 Å². The molecule has 0 unspecified atom stereocenters. The van der Waals surface area contributed by atoms with Crippen molar-refractivity contribution < 1.29 is 14.3 Å². The number of nitriles is 1. The van der Waals surface area contributed by atoms with E-state index >= 15 is 0 Å². The fraction of sp³-hybridized carbons (Fsp3) is 0.333. The Morgan fingerprint density at radius 1 is 1.09 bits per heavy atom. The van der Waals surface area contributed by atoms with E-state index in [1.54, 1.807) is 32.5 Å². The van der Waals surface area contributed by atoms with Crippen molar-refractivity contribution in [3.05, 3.63) is 65.4 Å². The molecule has 1 aliphatic rings. The monoisotopic (exact) mass is 471 g/mol. The highest BCUT2D eigenvalue weighted by atomic mass is 16.5. The maximum Gasteiger partial charge on any atom is 0.257 e. The number of anilines is 1. The van der Waals surface area contributed by atoms with Gasteiger partial charge in [0.15, 0.2) is 11.5 Å². The van der Waals surface area contributed by atoms with Gasteiger partial charge < -0.3 is 19.3 Å². The highest BCUT2D eigenvalue weighted by Gasteiger charge is 2.24. The van der Waals surface area contributed by atoms with Crippen molar-refractivity contribution in [3.63, 3.8) is 0 Å². The summed E-state index contributed by atoms with van der Waals surface area (Å²) < 4.78 is 10.7. The molecule has 0 spiro atoms. The van der Waals surface area contributed by atoms with E-state index in [1.165, 1.54) is 0 Å². The zero-order valence-electron chi connectivity index (χ0n) is 20.3. The Morgan fingerprint density at radius 3 is 2.46 bits per heavy atom. The molecule has 0 bridgehead atoms. The molecule has 0 atom stereocenters. The second kappa shape index (κ2) is 10.9. The highest BCUT2D eigenvalue weighted by molar-refractivity contribution is 6.00. The second-order valence-electron chi connectivity index (χ2n) is 8.48. The van der Waals surface area contributed by atoms with Crippen LogP contribution in [0.5, 0.6) is 11.5 Å². The molecule has 1 aromatic heterocycles. The van der Waals surface area contributed by atoms with Crippen molar-refractivity contribution in [1.82, 2.24) is 14.9 Å². The molecule has 1 saturated heterocycles. The normalized spacial score (nSPS) is 12.8. The molecule has 2 aromatic carbocycles. The number of amides is 1. The number of likely N-dealkylation sites (tertiary alicyclic amines) is 1. The quantitative estimate of drug-likeness (QED) is 0.491. The van der Waals surface area contributed by atoms with Crippen LogP contribution in [0.3, 0.4) is 0 Å². The molecule has 0 radical (unpaired) electrons. The number of ether oxygens (including phenoxy) is 2. The van der Waals surface area contributed by atoms with E-state index in [-0.39, 0.29) is 5.91 Å². The molecular weight excluding hydrogens is 442 g/mol. The predicted octanol–water partition coefficient (Wildman–Crippen LogP) is 3.95. The summed E-state index contributed by atoms with van der Waals surface area (Å²) in [6.45, 7) is 2.17. The van der Waals surface area contributed by atoms with E-state index in [4.69, 9.17) is 19.7 Å². The van der Waals surface area contributed by atoms with Crippen molar-refractivity contribution in [1.29, 1.82) is 5.26 Å². The van der Waals surface area contributed by atoms with Gasteiger partial charge >= 0.3 is 0 Å². The van der Waals surface area contributed by atoms with Crippen LogP contribution < -0.4 is 14.4 Å². The van der Waals surface area contributed by atoms with Gasteiger partial charge in [-0.15, -0.1) is 0 Å². The van der Waals surface area contributed by atoms with Gasteiger partial charge in [0.1, 0.15) is 0 Å². The molecular formula is C27H29N5O3. The maximum atomic E-state index is 13.2. The summed E-state index contributed by atoms with van der Waals surface area (Å²) in [7, 11) is 5.17. The smallest absolute Gasteiger partial charge is 0.257 e. The van der Waals surface area contributed by atoms with Crippen LogP contribution >= 0.6 is 0 Å². The van der Waals surface area contributed by atoms with Gasteiger partial charge in [0.25, 0.3) is 5.91 Å². The third kappa shape index (κ3) is 5.35. The summed E-state index contributed by atoms with van der Waals surface area (Å²) >= 11 is 0. The van der Waals surface area contributed by atoms with Crippen LogP contribution in [0.4, 0.5) is 5.95 Å². The summed E-state index contributed by atoms with van der Waals surface area (Å²) in [4.78, 5) is 26.4. The first-order valence-electron chi connectivity index (χ1n) is 11.6. The van der Waals surface area contributed by atoms with Gasteiger partial charge in [0.05, 0.1) is 37.1 Å². The fourth-order valence-corrected chi connectivity index (χ4v) is 4.16. The second-order valence-corrected chi connectivity index (χ2v) is 8.48. The minimum Gasteiger partial charge on any atom is -0.493 e. The maximum absolute atomic E-state index is 13.2. The van der Waals surface area contributed by atoms with Crippen LogP contribution in [0.25, 0.3) is 11.3 Å². The largest absolute Gasteiger partial charge is 0.493 e. The Kier molecular flexibility index (Phi) is 7.46. The lowest BCUT2D eigenvalue weighted by Gasteiger charge is -2.21. The number of carbonyl (C=O) groups excluding carboxylic acids is 1. The first-order chi connectivity index (χ1) is 17.0. The third-order valence-corrected chi connectivity index (χ3v) is 6.21. The molecule has 4 rings (SSSR count). The van der Waals surface area contributed by atoms with Crippen LogP contribution in [0.1, 0.15) is 34.3 Å². The number of likely N-dealkylation sites (N-methyl/N-ethyl adjacent to an activating group) is 1. The molecule has 35 heavy (non-hydrogen) atoms. The number of nitrogens with zero attached hydrogens (tertiary/aromatic N) is 5. The number of aromatic nitrogens is 2. The lowest BCUT2D eigenvalue weighted by Crippen LogP contribution is -2.29. The lowest BCUT2D eigenvalue weighted by molar-refractivity contribution is 0.0793. The van der Waals surface area contributed by atoms with Crippen LogP contribution in [-0.2, 0) is 6.42 Å². The Bertz CT molecular complexity index is 1230. The van der Waals surface area contributed by atoms with Gasteiger partial charge in [-0.05, 0) is 49.1 Å². The first kappa shape index (κ1) is 24.0. The Hall–Kier alpha value is -4.12. The summed E-state index contributed by atoms with van der Waals surface area (Å²) in [5.41, 5.74) is 3.50. The Labute approximate surface area is 205 Å². The number of hydrogen-bond donors (Lipinski definition) is 0. The van der Waals surface area contributed by atoms with Crippen molar-refractivity contribution in [3.8, 4) is 28.8 Å². The van der Waals surface area contributed by atoms with E-state index in [0.717, 1.165) is 43.5 Å². The Balaban J connectivity index is 1.60. The van der Waals surface area contributed by atoms with Crippen LogP contribution in [-0.4, -0.2) is 61.7 Å².